The van der Waals surface area contributed by atoms with E-state index in [0.717, 1.165) is 11.8 Å². The molecule has 166 valence electrons. The maximum absolute atomic E-state index is 12.5. The normalized spacial score (nSPS) is 13.4. The van der Waals surface area contributed by atoms with E-state index in [1.165, 1.54) is 19.1 Å². The molecule has 32 heavy (non-hydrogen) atoms. The van der Waals surface area contributed by atoms with Gasteiger partial charge in [-0.1, -0.05) is 6.07 Å². The van der Waals surface area contributed by atoms with Crippen LogP contribution in [0.4, 0.5) is 17.1 Å². The summed E-state index contributed by atoms with van der Waals surface area (Å²) in [7, 11) is 3.75. The van der Waals surface area contributed by atoms with Gasteiger partial charge in [-0.2, -0.15) is 0 Å². The smallest absolute Gasteiger partial charge is 0.326 e. The van der Waals surface area contributed by atoms with E-state index >= 15 is 0 Å². The molecule has 1 atom stereocenters. The Hall–Kier alpha value is -4.28. The summed E-state index contributed by atoms with van der Waals surface area (Å²) in [6.07, 6.45) is -1.21. The van der Waals surface area contributed by atoms with Gasteiger partial charge in [-0.25, -0.2) is 0 Å². The minimum Gasteiger partial charge on any atom is -0.451 e. The Morgan fingerprint density at radius 1 is 1.12 bits per heavy atom. The average Bonchev–Trinajstić information content (AvgIpc) is 2.98. The molecule has 1 aliphatic heterocycles. The van der Waals surface area contributed by atoms with Crippen molar-refractivity contribution in [2.45, 2.75) is 13.0 Å². The number of rotatable bonds is 7. The number of fused-ring (bicyclic) bond motifs is 1. The lowest BCUT2D eigenvalue weighted by atomic mass is 10.1. The fourth-order valence-corrected chi connectivity index (χ4v) is 3.12. The molecule has 11 heteroatoms. The van der Waals surface area contributed by atoms with Crippen molar-refractivity contribution in [1.29, 1.82) is 0 Å². The second kappa shape index (κ2) is 8.84. The zero-order valence-electron chi connectivity index (χ0n) is 17.5. The molecule has 0 radical (unpaired) electrons. The summed E-state index contributed by atoms with van der Waals surface area (Å²) in [4.78, 5) is 62.4. The molecule has 0 aromatic heterocycles. The maximum Gasteiger partial charge on any atom is 0.326 e. The van der Waals surface area contributed by atoms with E-state index in [1.807, 2.05) is 19.0 Å². The van der Waals surface area contributed by atoms with Crippen molar-refractivity contribution >= 4 is 40.8 Å². The number of amides is 3. The maximum atomic E-state index is 12.5. The van der Waals surface area contributed by atoms with E-state index in [-0.39, 0.29) is 11.1 Å². The molecule has 2 aromatic carbocycles. The Labute approximate surface area is 182 Å². The lowest BCUT2D eigenvalue weighted by molar-refractivity contribution is -0.385. The number of benzene rings is 2. The van der Waals surface area contributed by atoms with Crippen molar-refractivity contribution in [3.05, 3.63) is 63.7 Å². The number of esters is 1. The van der Waals surface area contributed by atoms with Gasteiger partial charge in [-0.05, 0) is 37.3 Å². The van der Waals surface area contributed by atoms with Crippen molar-refractivity contribution in [2.75, 3.05) is 30.9 Å². The molecule has 0 fully saturated rings. The number of carbonyl (C=O) groups excluding carboxylic acids is 4. The Morgan fingerprint density at radius 2 is 1.78 bits per heavy atom. The van der Waals surface area contributed by atoms with Gasteiger partial charge in [0.25, 0.3) is 23.4 Å². The van der Waals surface area contributed by atoms with Gasteiger partial charge in [-0.15, -0.1) is 0 Å². The van der Waals surface area contributed by atoms with Gasteiger partial charge in [0.2, 0.25) is 0 Å². The monoisotopic (exact) mass is 440 g/mol. The molecule has 2 aromatic rings. The van der Waals surface area contributed by atoms with E-state index in [2.05, 4.69) is 5.32 Å². The second-order valence-electron chi connectivity index (χ2n) is 7.22. The first-order valence-electron chi connectivity index (χ1n) is 9.51. The standard InChI is InChI=1S/C21H20N4O7/c1-12(19(27)22-13-7-9-14(10-8-13)23(2)3)32-17(26)11-24-20(28)15-5-4-6-16(25(30)31)18(15)21(24)29/h4-10,12H,11H2,1-3H3,(H,22,27). The van der Waals surface area contributed by atoms with Gasteiger partial charge in [0.15, 0.2) is 6.10 Å². The average molecular weight is 440 g/mol. The number of nitrogens with one attached hydrogen (secondary N) is 1. The van der Waals surface area contributed by atoms with Crippen molar-refractivity contribution < 1.29 is 28.8 Å². The highest BCUT2D eigenvalue weighted by Crippen LogP contribution is 2.30. The van der Waals surface area contributed by atoms with Crippen LogP contribution in [0.3, 0.4) is 0 Å². The zero-order chi connectivity index (χ0) is 23.6. The van der Waals surface area contributed by atoms with E-state index < -0.39 is 47.0 Å². The van der Waals surface area contributed by atoms with Gasteiger partial charge in [-0.3, -0.25) is 34.2 Å². The summed E-state index contributed by atoms with van der Waals surface area (Å²) in [5.74, 6) is -3.42. The zero-order valence-corrected chi connectivity index (χ0v) is 17.5. The summed E-state index contributed by atoms with van der Waals surface area (Å²) in [5, 5.41) is 13.8. The molecule has 1 aliphatic rings. The molecular formula is C21H20N4O7. The van der Waals surface area contributed by atoms with Crippen molar-refractivity contribution in [3.63, 3.8) is 0 Å². The molecule has 0 spiro atoms. The van der Waals surface area contributed by atoms with Crippen molar-refractivity contribution in [1.82, 2.24) is 4.90 Å². The predicted octanol–water partition coefficient (Wildman–Crippen LogP) is 1.83. The largest absolute Gasteiger partial charge is 0.451 e. The Bertz CT molecular complexity index is 1110. The molecule has 0 saturated carbocycles. The first-order chi connectivity index (χ1) is 15.1. The van der Waals surface area contributed by atoms with Crippen LogP contribution in [0.2, 0.25) is 0 Å². The van der Waals surface area contributed by atoms with Crippen LogP contribution < -0.4 is 10.2 Å². The van der Waals surface area contributed by atoms with Crippen LogP contribution in [0.1, 0.15) is 27.6 Å². The molecule has 0 aliphatic carbocycles. The van der Waals surface area contributed by atoms with Gasteiger partial charge in [0.1, 0.15) is 12.1 Å². The highest BCUT2D eigenvalue weighted by Gasteiger charge is 2.42. The second-order valence-corrected chi connectivity index (χ2v) is 7.22. The molecular weight excluding hydrogens is 420 g/mol. The summed E-state index contributed by atoms with van der Waals surface area (Å²) >= 11 is 0. The third-order valence-electron chi connectivity index (χ3n) is 4.79. The third kappa shape index (κ3) is 4.41. The van der Waals surface area contributed by atoms with E-state index in [1.54, 1.807) is 24.3 Å². The molecule has 11 nitrogen and oxygen atoms in total. The molecule has 3 amide bonds. The summed E-state index contributed by atoms with van der Waals surface area (Å²) in [5.41, 5.74) is 0.371. The summed E-state index contributed by atoms with van der Waals surface area (Å²) in [6.45, 7) is 0.563. The number of imide groups is 1. The van der Waals surface area contributed by atoms with Crippen LogP contribution in [-0.2, 0) is 14.3 Å². The number of hydrogen-bond donors (Lipinski definition) is 1. The number of ether oxygens (including phenoxy) is 1. The molecule has 1 N–H and O–H groups in total. The number of nitro benzene ring substituents is 1. The third-order valence-corrected chi connectivity index (χ3v) is 4.79. The number of carbonyl (C=O) groups is 4. The lowest BCUT2D eigenvalue weighted by Gasteiger charge is -2.17. The highest BCUT2D eigenvalue weighted by molar-refractivity contribution is 6.24. The number of anilines is 2. The lowest BCUT2D eigenvalue weighted by Crippen LogP contribution is -2.38. The quantitative estimate of drug-likeness (QED) is 0.298. The highest BCUT2D eigenvalue weighted by atomic mass is 16.6. The first-order valence-corrected chi connectivity index (χ1v) is 9.51. The van der Waals surface area contributed by atoms with Crippen LogP contribution in [0.15, 0.2) is 42.5 Å². The van der Waals surface area contributed by atoms with Crippen LogP contribution in [0.5, 0.6) is 0 Å². The van der Waals surface area contributed by atoms with Crippen LogP contribution >= 0.6 is 0 Å². The molecule has 3 rings (SSSR count). The predicted molar refractivity (Wildman–Crippen MR) is 113 cm³/mol. The Kier molecular flexibility index (Phi) is 6.19. The van der Waals surface area contributed by atoms with E-state index in [9.17, 15) is 29.3 Å². The van der Waals surface area contributed by atoms with Gasteiger partial charge in [0.05, 0.1) is 10.5 Å². The van der Waals surface area contributed by atoms with Crippen molar-refractivity contribution in [3.8, 4) is 0 Å². The number of nitrogens with zero attached hydrogens (tertiary/aromatic N) is 3. The minimum atomic E-state index is -1.21. The van der Waals surface area contributed by atoms with Gasteiger partial charge >= 0.3 is 5.97 Å². The molecule has 1 heterocycles. The summed E-state index contributed by atoms with van der Waals surface area (Å²) < 4.78 is 5.04. The van der Waals surface area contributed by atoms with Crippen LogP contribution in [0.25, 0.3) is 0 Å². The Morgan fingerprint density at radius 3 is 2.38 bits per heavy atom. The number of hydrogen-bond acceptors (Lipinski definition) is 8. The molecule has 0 saturated heterocycles. The number of nitro groups is 1. The first kappa shape index (κ1) is 22.4. The summed E-state index contributed by atoms with van der Waals surface area (Å²) in [6, 6.07) is 10.6. The SMILES string of the molecule is CC(OC(=O)CN1C(=O)c2cccc([N+](=O)[O-])c2C1=O)C(=O)Nc1ccc(N(C)C)cc1. The van der Waals surface area contributed by atoms with Gasteiger partial charge < -0.3 is 15.0 Å². The minimum absolute atomic E-state index is 0.163. The molecule has 1 unspecified atom stereocenters. The fourth-order valence-electron chi connectivity index (χ4n) is 3.12. The van der Waals surface area contributed by atoms with Crippen LogP contribution in [0, 0.1) is 10.1 Å². The van der Waals surface area contributed by atoms with Crippen molar-refractivity contribution in [2.24, 2.45) is 0 Å². The fraction of sp³-hybridized carbons (Fsp3) is 0.238. The Balaban J connectivity index is 1.62. The molecule has 0 bridgehead atoms. The van der Waals surface area contributed by atoms with E-state index in [0.29, 0.717) is 10.6 Å². The van der Waals surface area contributed by atoms with Crippen LogP contribution in [-0.4, -0.2) is 60.3 Å². The van der Waals surface area contributed by atoms with E-state index in [4.69, 9.17) is 4.74 Å². The topological polar surface area (TPSA) is 139 Å². The van der Waals surface area contributed by atoms with Gasteiger partial charge in [0, 0.05) is 31.5 Å².